The van der Waals surface area contributed by atoms with E-state index in [0.717, 1.165) is 6.29 Å². The Labute approximate surface area is 63.9 Å². The molecule has 4 aliphatic rings. The fourth-order valence-electron chi connectivity index (χ4n) is 2.24. The van der Waals surface area contributed by atoms with E-state index in [1.165, 1.54) is 0 Å². The Morgan fingerprint density at radius 3 is 2.00 bits per heavy atom. The summed E-state index contributed by atoms with van der Waals surface area (Å²) < 4.78 is 0. The lowest BCUT2D eigenvalue weighted by atomic mass is 10.0. The zero-order valence-electron chi connectivity index (χ0n) is 5.84. The third-order valence-corrected chi connectivity index (χ3v) is 2.88. The van der Waals surface area contributed by atoms with E-state index in [-0.39, 0.29) is 18.1 Å². The van der Waals surface area contributed by atoms with E-state index in [1.54, 1.807) is 0 Å². The van der Waals surface area contributed by atoms with E-state index in [2.05, 4.69) is 0 Å². The van der Waals surface area contributed by atoms with Crippen molar-refractivity contribution >= 4 is 6.29 Å². The molecule has 0 radical (unpaired) electrons. The highest BCUT2D eigenvalue weighted by atomic mass is 17.2. The van der Waals surface area contributed by atoms with E-state index < -0.39 is 0 Å². The zero-order valence-corrected chi connectivity index (χ0v) is 5.84. The molecular weight excluding hydrogens is 144 g/mol. The second kappa shape index (κ2) is 1.73. The lowest BCUT2D eigenvalue weighted by Crippen LogP contribution is -2.32. The summed E-state index contributed by atoms with van der Waals surface area (Å²) in [6.07, 6.45) is 5.11. The molecule has 0 N–H and O–H groups in total. The van der Waals surface area contributed by atoms with Crippen LogP contribution in [-0.2, 0) is 14.6 Å². The summed E-state index contributed by atoms with van der Waals surface area (Å²) in [6, 6.07) is 0. The van der Waals surface area contributed by atoms with Crippen molar-refractivity contribution in [3.05, 3.63) is 12.2 Å². The first-order valence-electron chi connectivity index (χ1n) is 3.87. The first-order valence-corrected chi connectivity index (χ1v) is 3.87. The van der Waals surface area contributed by atoms with E-state index >= 15 is 0 Å². The minimum absolute atomic E-state index is 0.0419. The predicted molar refractivity (Wildman–Crippen MR) is 35.4 cm³/mol. The van der Waals surface area contributed by atoms with Crippen LogP contribution in [-0.4, -0.2) is 18.5 Å². The largest absolute Gasteiger partial charge is 0.303 e. The van der Waals surface area contributed by atoms with Crippen molar-refractivity contribution in [2.45, 2.75) is 12.2 Å². The Bertz CT molecular complexity index is 215. The number of rotatable bonds is 1. The van der Waals surface area contributed by atoms with Crippen molar-refractivity contribution in [1.82, 2.24) is 0 Å². The Balaban J connectivity index is 1.95. The van der Waals surface area contributed by atoms with Crippen LogP contribution in [0.2, 0.25) is 0 Å². The van der Waals surface area contributed by atoms with Crippen LogP contribution in [0.3, 0.4) is 0 Å². The van der Waals surface area contributed by atoms with Gasteiger partial charge in [0.25, 0.3) is 0 Å². The third kappa shape index (κ3) is 0.583. The van der Waals surface area contributed by atoms with Crippen molar-refractivity contribution in [3.63, 3.8) is 0 Å². The number of carbonyl (C=O) groups is 1. The second-order valence-corrected chi connectivity index (χ2v) is 3.37. The van der Waals surface area contributed by atoms with Crippen LogP contribution < -0.4 is 0 Å². The molecule has 1 unspecified atom stereocenters. The van der Waals surface area contributed by atoms with Gasteiger partial charge >= 0.3 is 0 Å². The van der Waals surface area contributed by atoms with Gasteiger partial charge < -0.3 is 4.79 Å². The van der Waals surface area contributed by atoms with Gasteiger partial charge in [0.05, 0.1) is 0 Å². The predicted octanol–water partition coefficient (Wildman–Crippen LogP) is 0.316. The maximum atomic E-state index is 10.5. The average Bonchev–Trinajstić information content (AvgIpc) is 2.81. The molecule has 3 nitrogen and oxygen atoms in total. The molecule has 2 fully saturated rings. The van der Waals surface area contributed by atoms with Gasteiger partial charge in [-0.2, -0.15) is 0 Å². The number of carbonyl (C=O) groups excluding carboxylic acids is 1. The van der Waals surface area contributed by atoms with Crippen molar-refractivity contribution in [2.24, 2.45) is 17.8 Å². The van der Waals surface area contributed by atoms with Gasteiger partial charge in [-0.3, -0.25) is 0 Å². The Hall–Kier alpha value is -0.670. The van der Waals surface area contributed by atoms with Gasteiger partial charge in [0, 0.05) is 17.8 Å². The summed E-state index contributed by atoms with van der Waals surface area (Å²) in [5.74, 6) is 1.01. The minimum atomic E-state index is 0.0419. The highest BCUT2D eigenvalue weighted by molar-refractivity contribution is 5.61. The number of fused-ring (bicyclic) bond motifs is 1. The van der Waals surface area contributed by atoms with Gasteiger partial charge in [-0.25, -0.2) is 9.78 Å². The van der Waals surface area contributed by atoms with E-state index in [9.17, 15) is 4.79 Å². The molecule has 0 aromatic heterocycles. The lowest BCUT2D eigenvalue weighted by molar-refractivity contribution is -0.364. The van der Waals surface area contributed by atoms with Crippen molar-refractivity contribution in [1.29, 1.82) is 0 Å². The molecule has 0 aromatic rings. The van der Waals surface area contributed by atoms with Gasteiger partial charge in [-0.1, -0.05) is 12.2 Å². The van der Waals surface area contributed by atoms with Gasteiger partial charge in [0.15, 0.2) is 0 Å². The monoisotopic (exact) mass is 152 g/mol. The third-order valence-electron chi connectivity index (χ3n) is 2.88. The van der Waals surface area contributed by atoms with Crippen molar-refractivity contribution in [3.8, 4) is 0 Å². The number of hydrogen-bond acceptors (Lipinski definition) is 3. The fraction of sp³-hybridized carbons (Fsp3) is 0.625. The standard InChI is InChI=1S/C8H8O3/c9-3-4-7-5-1-2-6(8(4)7)11-10-5/h1-8H/t4?,5-,6+,7-,8-/m0/s1. The molecule has 0 spiro atoms. The molecule has 2 aliphatic heterocycles. The second-order valence-electron chi connectivity index (χ2n) is 3.37. The van der Waals surface area contributed by atoms with E-state index in [1.807, 2.05) is 12.2 Å². The van der Waals surface area contributed by atoms with Crippen LogP contribution in [0.15, 0.2) is 12.2 Å². The van der Waals surface area contributed by atoms with Gasteiger partial charge in [0.1, 0.15) is 18.5 Å². The maximum Gasteiger partial charge on any atom is 0.123 e. The average molecular weight is 152 g/mol. The molecule has 0 amide bonds. The van der Waals surface area contributed by atoms with Gasteiger partial charge in [-0.05, 0) is 0 Å². The summed E-state index contributed by atoms with van der Waals surface area (Å²) in [5, 5.41) is 0. The molecule has 2 bridgehead atoms. The summed E-state index contributed by atoms with van der Waals surface area (Å²) in [4.78, 5) is 20.5. The summed E-state index contributed by atoms with van der Waals surface area (Å²) in [5.41, 5.74) is 0. The highest BCUT2D eigenvalue weighted by Gasteiger charge is 2.62. The normalized spacial score (nSPS) is 57.3. The molecule has 11 heavy (non-hydrogen) atoms. The Kier molecular flexibility index (Phi) is 0.932. The van der Waals surface area contributed by atoms with Crippen molar-refractivity contribution in [2.75, 3.05) is 0 Å². The Morgan fingerprint density at radius 2 is 1.64 bits per heavy atom. The molecule has 58 valence electrons. The molecule has 5 atom stereocenters. The van der Waals surface area contributed by atoms with E-state index in [0.29, 0.717) is 11.8 Å². The van der Waals surface area contributed by atoms with Crippen LogP contribution in [0.5, 0.6) is 0 Å². The van der Waals surface area contributed by atoms with Crippen molar-refractivity contribution < 1.29 is 14.6 Å². The fourth-order valence-corrected chi connectivity index (χ4v) is 2.24. The van der Waals surface area contributed by atoms with Crippen LogP contribution in [0.1, 0.15) is 0 Å². The van der Waals surface area contributed by atoms with Gasteiger partial charge in [-0.15, -0.1) is 0 Å². The Morgan fingerprint density at radius 1 is 1.09 bits per heavy atom. The molecule has 2 aliphatic carbocycles. The number of aldehydes is 1. The SMILES string of the molecule is O=CC1[C@@H]2[C@@H]1[C@H]1C=C[C@@H]2OO1. The smallest absolute Gasteiger partial charge is 0.123 e. The number of hydrogen-bond donors (Lipinski definition) is 0. The minimum Gasteiger partial charge on any atom is -0.303 e. The first-order chi connectivity index (χ1) is 5.42. The quantitative estimate of drug-likeness (QED) is 0.308. The molecular formula is C8H8O3. The lowest BCUT2D eigenvalue weighted by Gasteiger charge is -2.28. The van der Waals surface area contributed by atoms with Crippen LogP contribution >= 0.6 is 0 Å². The molecule has 2 heterocycles. The molecule has 1 saturated heterocycles. The zero-order chi connectivity index (χ0) is 7.42. The summed E-state index contributed by atoms with van der Waals surface area (Å²) in [7, 11) is 0. The molecule has 0 aromatic carbocycles. The molecule has 1 saturated carbocycles. The molecule has 4 rings (SSSR count). The first kappa shape index (κ1) is 5.91. The maximum absolute atomic E-state index is 10.5. The topological polar surface area (TPSA) is 35.5 Å². The summed E-state index contributed by atoms with van der Waals surface area (Å²) >= 11 is 0. The van der Waals surface area contributed by atoms with Gasteiger partial charge in [0.2, 0.25) is 0 Å². The molecule has 3 heteroatoms. The highest BCUT2D eigenvalue weighted by Crippen LogP contribution is 2.56. The van der Waals surface area contributed by atoms with Crippen LogP contribution in [0.4, 0.5) is 0 Å². The van der Waals surface area contributed by atoms with Crippen LogP contribution in [0.25, 0.3) is 0 Å². The van der Waals surface area contributed by atoms with E-state index in [4.69, 9.17) is 9.78 Å². The van der Waals surface area contributed by atoms with Crippen LogP contribution in [0, 0.1) is 17.8 Å². The summed E-state index contributed by atoms with van der Waals surface area (Å²) in [6.45, 7) is 0.